The zero-order valence-electron chi connectivity index (χ0n) is 8.17. The summed E-state index contributed by atoms with van der Waals surface area (Å²) in [7, 11) is 0.0118. The van der Waals surface area contributed by atoms with E-state index in [2.05, 4.69) is 13.8 Å². The van der Waals surface area contributed by atoms with E-state index in [4.69, 9.17) is 9.31 Å². The molecule has 0 aromatic carbocycles. The monoisotopic (exact) mass is 168 g/mol. The molecule has 0 spiro atoms. The van der Waals surface area contributed by atoms with E-state index in [0.29, 0.717) is 12.0 Å². The summed E-state index contributed by atoms with van der Waals surface area (Å²) in [5, 5.41) is 0. The number of hydrogen-bond acceptors (Lipinski definition) is 2. The maximum Gasteiger partial charge on any atom is 0.454 e. The van der Waals surface area contributed by atoms with Crippen molar-refractivity contribution in [2.75, 3.05) is 0 Å². The lowest BCUT2D eigenvalue weighted by Crippen LogP contribution is -2.40. The number of fused-ring (bicyclic) bond motifs is 1. The lowest BCUT2D eigenvalue weighted by molar-refractivity contribution is 0.0161. The van der Waals surface area contributed by atoms with Crippen LogP contribution in [0.2, 0.25) is 6.82 Å². The largest absolute Gasteiger partial charge is 0.454 e. The van der Waals surface area contributed by atoms with Crippen molar-refractivity contribution in [3.8, 4) is 0 Å². The predicted octanol–water partition coefficient (Wildman–Crippen LogP) is 2.10. The van der Waals surface area contributed by atoms with Crippen molar-refractivity contribution in [1.82, 2.24) is 0 Å². The van der Waals surface area contributed by atoms with Gasteiger partial charge in [0.15, 0.2) is 0 Å². The average molecular weight is 168 g/mol. The molecule has 0 radical (unpaired) electrons. The molecule has 2 fully saturated rings. The van der Waals surface area contributed by atoms with Gasteiger partial charge in [-0.15, -0.1) is 0 Å². The zero-order valence-corrected chi connectivity index (χ0v) is 8.17. The van der Waals surface area contributed by atoms with Gasteiger partial charge in [0, 0.05) is 0 Å². The Bertz CT molecular complexity index is 183. The van der Waals surface area contributed by atoms with E-state index in [1.54, 1.807) is 0 Å². The first-order chi connectivity index (χ1) is 5.65. The van der Waals surface area contributed by atoms with Crippen LogP contribution in [0.25, 0.3) is 0 Å². The summed E-state index contributed by atoms with van der Waals surface area (Å²) in [5.74, 6) is 0.579. The first kappa shape index (κ1) is 8.58. The van der Waals surface area contributed by atoms with Gasteiger partial charge in [-0.25, -0.2) is 0 Å². The van der Waals surface area contributed by atoms with Crippen molar-refractivity contribution in [2.24, 2.45) is 5.92 Å². The van der Waals surface area contributed by atoms with Gasteiger partial charge in [-0.05, 0) is 32.0 Å². The molecule has 68 valence electrons. The fourth-order valence-corrected chi connectivity index (χ4v) is 2.65. The van der Waals surface area contributed by atoms with Crippen molar-refractivity contribution in [3.63, 3.8) is 0 Å². The van der Waals surface area contributed by atoms with Crippen molar-refractivity contribution in [3.05, 3.63) is 0 Å². The van der Waals surface area contributed by atoms with Gasteiger partial charge >= 0.3 is 7.12 Å². The van der Waals surface area contributed by atoms with E-state index in [0.717, 1.165) is 0 Å². The molecule has 0 bridgehead atoms. The summed E-state index contributed by atoms with van der Waals surface area (Å²) in [5.41, 5.74) is 0.0550. The lowest BCUT2D eigenvalue weighted by Gasteiger charge is -2.32. The minimum absolute atomic E-state index is 0.0118. The van der Waals surface area contributed by atoms with Crippen LogP contribution in [0.4, 0.5) is 0 Å². The fraction of sp³-hybridized carbons (Fsp3) is 1.00. The molecule has 2 nitrogen and oxygen atoms in total. The molecule has 1 saturated heterocycles. The first-order valence-corrected chi connectivity index (χ1v) is 4.98. The smallest absolute Gasteiger partial charge is 0.406 e. The van der Waals surface area contributed by atoms with Gasteiger partial charge in [0.25, 0.3) is 0 Å². The maximum atomic E-state index is 5.91. The van der Waals surface area contributed by atoms with Crippen LogP contribution >= 0.6 is 0 Å². The Labute approximate surface area is 74.8 Å². The highest BCUT2D eigenvalue weighted by Gasteiger charge is 2.53. The molecular formula is C9H17BO2. The minimum Gasteiger partial charge on any atom is -0.406 e. The van der Waals surface area contributed by atoms with Gasteiger partial charge in [-0.1, -0.05) is 13.8 Å². The van der Waals surface area contributed by atoms with Crippen LogP contribution in [-0.2, 0) is 9.31 Å². The van der Waals surface area contributed by atoms with Crippen LogP contribution in [0.15, 0.2) is 0 Å². The molecule has 12 heavy (non-hydrogen) atoms. The van der Waals surface area contributed by atoms with E-state index in [9.17, 15) is 0 Å². The molecule has 1 aliphatic carbocycles. The lowest BCUT2D eigenvalue weighted by atomic mass is 9.86. The molecular weight excluding hydrogens is 151 g/mol. The third-order valence-corrected chi connectivity index (χ3v) is 3.30. The molecule has 2 atom stereocenters. The third-order valence-electron chi connectivity index (χ3n) is 3.30. The standard InChI is InChI=1S/C9H17BO2/c1-7(2)9-6-4-5-8(9)11-10(3)12-9/h7-8H,4-6H2,1-3H3/t8?,9-/m0/s1. The van der Waals surface area contributed by atoms with Crippen LogP contribution in [0, 0.1) is 5.92 Å². The highest BCUT2D eigenvalue weighted by atomic mass is 16.7. The van der Waals surface area contributed by atoms with Crippen molar-refractivity contribution in [1.29, 1.82) is 0 Å². The highest BCUT2D eigenvalue weighted by Crippen LogP contribution is 2.45. The summed E-state index contributed by atoms with van der Waals surface area (Å²) in [4.78, 5) is 0. The molecule has 0 aromatic rings. The van der Waals surface area contributed by atoms with Gasteiger partial charge in [-0.2, -0.15) is 0 Å². The average Bonchev–Trinajstić information content (AvgIpc) is 2.42. The van der Waals surface area contributed by atoms with Gasteiger partial charge in [-0.3, -0.25) is 0 Å². The van der Waals surface area contributed by atoms with Crippen molar-refractivity contribution in [2.45, 2.75) is 51.6 Å². The van der Waals surface area contributed by atoms with Gasteiger partial charge in [0.1, 0.15) is 0 Å². The van der Waals surface area contributed by atoms with Crippen molar-refractivity contribution < 1.29 is 9.31 Å². The molecule has 1 aliphatic heterocycles. The van der Waals surface area contributed by atoms with E-state index in [1.807, 2.05) is 6.82 Å². The Balaban J connectivity index is 2.20. The van der Waals surface area contributed by atoms with Crippen LogP contribution < -0.4 is 0 Å². The van der Waals surface area contributed by atoms with Gasteiger partial charge in [0.2, 0.25) is 0 Å². The van der Waals surface area contributed by atoms with E-state index in [1.165, 1.54) is 19.3 Å². The molecule has 1 saturated carbocycles. The van der Waals surface area contributed by atoms with Gasteiger partial charge < -0.3 is 9.31 Å². The summed E-state index contributed by atoms with van der Waals surface area (Å²) in [6.07, 6.45) is 3.99. The second-order valence-electron chi connectivity index (χ2n) is 4.31. The topological polar surface area (TPSA) is 18.5 Å². The normalized spacial score (nSPS) is 41.0. The Kier molecular flexibility index (Phi) is 1.96. The molecule has 0 N–H and O–H groups in total. The summed E-state index contributed by atoms with van der Waals surface area (Å²) in [6.45, 7) is 6.47. The highest BCUT2D eigenvalue weighted by molar-refractivity contribution is 6.43. The molecule has 0 amide bonds. The van der Waals surface area contributed by atoms with Crippen LogP contribution in [-0.4, -0.2) is 18.8 Å². The zero-order chi connectivity index (χ0) is 8.77. The number of rotatable bonds is 1. The molecule has 2 rings (SSSR count). The molecule has 3 heteroatoms. The Morgan fingerprint density at radius 1 is 1.50 bits per heavy atom. The second kappa shape index (κ2) is 2.74. The summed E-state index contributed by atoms with van der Waals surface area (Å²) >= 11 is 0. The second-order valence-corrected chi connectivity index (χ2v) is 4.31. The van der Waals surface area contributed by atoms with Crippen LogP contribution in [0.5, 0.6) is 0 Å². The molecule has 1 unspecified atom stereocenters. The molecule has 0 aromatic heterocycles. The molecule has 1 heterocycles. The van der Waals surface area contributed by atoms with Crippen LogP contribution in [0.1, 0.15) is 33.1 Å². The predicted molar refractivity (Wildman–Crippen MR) is 49.0 cm³/mol. The maximum absolute atomic E-state index is 5.91. The van der Waals surface area contributed by atoms with E-state index < -0.39 is 0 Å². The third kappa shape index (κ3) is 1.03. The Morgan fingerprint density at radius 2 is 2.25 bits per heavy atom. The fourth-order valence-electron chi connectivity index (χ4n) is 2.65. The Hall–Kier alpha value is -0.0151. The van der Waals surface area contributed by atoms with Crippen molar-refractivity contribution >= 4 is 7.12 Å². The first-order valence-electron chi connectivity index (χ1n) is 4.98. The van der Waals surface area contributed by atoms with E-state index >= 15 is 0 Å². The Morgan fingerprint density at radius 3 is 2.83 bits per heavy atom. The number of hydrogen-bond donors (Lipinski definition) is 0. The quantitative estimate of drug-likeness (QED) is 0.558. The van der Waals surface area contributed by atoms with E-state index in [-0.39, 0.29) is 12.7 Å². The molecule has 2 aliphatic rings. The van der Waals surface area contributed by atoms with Crippen LogP contribution in [0.3, 0.4) is 0 Å². The summed E-state index contributed by atoms with van der Waals surface area (Å²) in [6, 6.07) is 0. The van der Waals surface area contributed by atoms with Gasteiger partial charge in [0.05, 0.1) is 11.7 Å². The SMILES string of the molecule is CB1OC2CCC[C@@]2(C(C)C)O1. The minimum atomic E-state index is 0.0118. The summed E-state index contributed by atoms with van der Waals surface area (Å²) < 4.78 is 11.6.